The van der Waals surface area contributed by atoms with Gasteiger partial charge in [0.05, 0.1) is 18.9 Å². The van der Waals surface area contributed by atoms with Gasteiger partial charge in [-0.3, -0.25) is 0 Å². The number of hydrogen-bond acceptors (Lipinski definition) is 4. The summed E-state index contributed by atoms with van der Waals surface area (Å²) in [6.07, 6.45) is -0.282. The number of methoxy groups -OCH3 is 1. The van der Waals surface area contributed by atoms with Crippen molar-refractivity contribution >= 4 is 9.84 Å². The molecule has 0 heterocycles. The molecule has 0 fully saturated rings. The molecule has 1 rings (SSSR count). The standard InChI is InChI=1S/C10H9F2NO3S/c1-16-9-5-8(12)10(6-7(9)11)17(14,15)4-2-3-13/h5-6H,2,4H2,1H3. The third-order valence-electron chi connectivity index (χ3n) is 2.02. The molecule has 4 nitrogen and oxygen atoms in total. The van der Waals surface area contributed by atoms with Gasteiger partial charge in [0, 0.05) is 12.5 Å². The van der Waals surface area contributed by atoms with E-state index in [4.69, 9.17) is 5.26 Å². The molecule has 0 N–H and O–H groups in total. The van der Waals surface area contributed by atoms with Crippen LogP contribution in [-0.4, -0.2) is 21.3 Å². The Balaban J connectivity index is 3.25. The summed E-state index contributed by atoms with van der Waals surface area (Å²) in [4.78, 5) is -0.758. The summed E-state index contributed by atoms with van der Waals surface area (Å²) in [7, 11) is -2.85. The fourth-order valence-corrected chi connectivity index (χ4v) is 2.41. The van der Waals surface area contributed by atoms with Crippen molar-refractivity contribution in [3.05, 3.63) is 23.8 Å². The maximum Gasteiger partial charge on any atom is 0.182 e. The van der Waals surface area contributed by atoms with Gasteiger partial charge in [0.15, 0.2) is 21.4 Å². The largest absolute Gasteiger partial charge is 0.494 e. The maximum atomic E-state index is 13.4. The Bertz CT molecular complexity index is 564. The molecule has 0 spiro atoms. The van der Waals surface area contributed by atoms with Gasteiger partial charge in [-0.2, -0.15) is 5.26 Å². The minimum absolute atomic E-state index is 0.282. The lowest BCUT2D eigenvalue weighted by molar-refractivity contribution is 0.380. The van der Waals surface area contributed by atoms with Gasteiger partial charge in [0.2, 0.25) is 0 Å². The molecule has 0 aliphatic heterocycles. The molecule has 0 radical (unpaired) electrons. The first-order valence-corrected chi connectivity index (χ1v) is 6.20. The van der Waals surface area contributed by atoms with Gasteiger partial charge in [-0.15, -0.1) is 0 Å². The Hall–Kier alpha value is -1.68. The van der Waals surface area contributed by atoms with E-state index < -0.39 is 32.1 Å². The van der Waals surface area contributed by atoms with Crippen molar-refractivity contribution in [1.29, 1.82) is 5.26 Å². The maximum absolute atomic E-state index is 13.4. The highest BCUT2D eigenvalue weighted by molar-refractivity contribution is 7.91. The van der Waals surface area contributed by atoms with Crippen LogP contribution in [0.25, 0.3) is 0 Å². The third kappa shape index (κ3) is 2.91. The van der Waals surface area contributed by atoms with Gasteiger partial charge in [-0.1, -0.05) is 0 Å². The van der Waals surface area contributed by atoms with Crippen LogP contribution >= 0.6 is 0 Å². The van der Waals surface area contributed by atoms with Gasteiger partial charge in [0.25, 0.3) is 0 Å². The van der Waals surface area contributed by atoms with Crippen LogP contribution in [0.2, 0.25) is 0 Å². The average molecular weight is 261 g/mol. The van der Waals surface area contributed by atoms with Gasteiger partial charge < -0.3 is 4.74 Å². The van der Waals surface area contributed by atoms with Gasteiger partial charge >= 0.3 is 0 Å². The molecule has 92 valence electrons. The molecule has 0 aliphatic rings. The fourth-order valence-electron chi connectivity index (χ4n) is 1.20. The summed E-state index contributed by atoms with van der Waals surface area (Å²) in [5, 5.41) is 8.28. The van der Waals surface area contributed by atoms with E-state index in [1.54, 1.807) is 6.07 Å². The van der Waals surface area contributed by atoms with E-state index in [0.29, 0.717) is 12.1 Å². The molecule has 0 saturated carbocycles. The SMILES string of the molecule is COc1cc(F)c(S(=O)(=O)CCC#N)cc1F. The lowest BCUT2D eigenvalue weighted by Gasteiger charge is -2.07. The van der Waals surface area contributed by atoms with E-state index >= 15 is 0 Å². The molecule has 0 saturated heterocycles. The number of nitrogens with zero attached hydrogens (tertiary/aromatic N) is 1. The molecular formula is C10H9F2NO3S. The molecule has 0 aromatic heterocycles. The Kier molecular flexibility index (Phi) is 4.02. The first kappa shape index (κ1) is 13.4. The zero-order valence-corrected chi connectivity index (χ0v) is 9.72. The molecule has 1 aromatic carbocycles. The zero-order chi connectivity index (χ0) is 13.1. The average Bonchev–Trinajstić information content (AvgIpc) is 2.28. The molecule has 0 atom stereocenters. The Morgan fingerprint density at radius 2 is 2.00 bits per heavy atom. The normalized spacial score (nSPS) is 10.9. The van der Waals surface area contributed by atoms with E-state index in [9.17, 15) is 17.2 Å². The molecule has 17 heavy (non-hydrogen) atoms. The number of sulfone groups is 1. The van der Waals surface area contributed by atoms with Crippen molar-refractivity contribution in [2.45, 2.75) is 11.3 Å². The number of nitriles is 1. The van der Waals surface area contributed by atoms with Crippen molar-refractivity contribution < 1.29 is 21.9 Å². The molecule has 0 bridgehead atoms. The highest BCUT2D eigenvalue weighted by Gasteiger charge is 2.22. The van der Waals surface area contributed by atoms with Gasteiger partial charge in [-0.25, -0.2) is 17.2 Å². The molecule has 0 amide bonds. The number of halogens is 2. The van der Waals surface area contributed by atoms with Crippen LogP contribution in [0.5, 0.6) is 5.75 Å². The predicted molar refractivity (Wildman–Crippen MR) is 55.2 cm³/mol. The van der Waals surface area contributed by atoms with Gasteiger partial charge in [-0.05, 0) is 6.07 Å². The van der Waals surface area contributed by atoms with E-state index in [1.807, 2.05) is 0 Å². The summed E-state index contributed by atoms with van der Waals surface area (Å²) in [6.45, 7) is 0. The van der Waals surface area contributed by atoms with Crippen molar-refractivity contribution in [3.63, 3.8) is 0 Å². The Labute approximate surface area is 97.4 Å². The summed E-state index contributed by atoms with van der Waals surface area (Å²) < 4.78 is 54.3. The molecule has 1 aromatic rings. The lowest BCUT2D eigenvalue weighted by Crippen LogP contribution is -2.09. The first-order valence-electron chi connectivity index (χ1n) is 4.55. The lowest BCUT2D eigenvalue weighted by atomic mass is 10.3. The van der Waals surface area contributed by atoms with Crippen LogP contribution in [0, 0.1) is 23.0 Å². The van der Waals surface area contributed by atoms with Gasteiger partial charge in [0.1, 0.15) is 10.7 Å². The number of ether oxygens (including phenoxy) is 1. The van der Waals surface area contributed by atoms with Crippen LogP contribution in [0.4, 0.5) is 8.78 Å². The summed E-state index contributed by atoms with van der Waals surface area (Å²) in [6, 6.07) is 2.85. The Morgan fingerprint density at radius 1 is 1.35 bits per heavy atom. The number of rotatable bonds is 4. The summed E-state index contributed by atoms with van der Waals surface area (Å²) >= 11 is 0. The quantitative estimate of drug-likeness (QED) is 0.826. The molecule has 0 aliphatic carbocycles. The predicted octanol–water partition coefficient (Wildman–Crippen LogP) is 1.66. The van der Waals surface area contributed by atoms with Crippen molar-refractivity contribution in [1.82, 2.24) is 0 Å². The smallest absolute Gasteiger partial charge is 0.182 e. The minimum atomic E-state index is -3.99. The molecular weight excluding hydrogens is 252 g/mol. The van der Waals surface area contributed by atoms with Crippen LogP contribution in [0.3, 0.4) is 0 Å². The number of hydrogen-bond donors (Lipinski definition) is 0. The summed E-state index contributed by atoms with van der Waals surface area (Å²) in [5.74, 6) is -2.99. The van der Waals surface area contributed by atoms with Crippen molar-refractivity contribution in [2.24, 2.45) is 0 Å². The highest BCUT2D eigenvalue weighted by atomic mass is 32.2. The van der Waals surface area contributed by atoms with E-state index in [0.717, 1.165) is 7.11 Å². The first-order chi connectivity index (χ1) is 7.92. The second-order valence-electron chi connectivity index (χ2n) is 3.14. The minimum Gasteiger partial charge on any atom is -0.494 e. The van der Waals surface area contributed by atoms with E-state index in [2.05, 4.69) is 4.74 Å². The summed E-state index contributed by atoms with van der Waals surface area (Å²) in [5.41, 5.74) is 0. The zero-order valence-electron chi connectivity index (χ0n) is 8.91. The van der Waals surface area contributed by atoms with Crippen LogP contribution in [0.15, 0.2) is 17.0 Å². The monoisotopic (exact) mass is 261 g/mol. The van der Waals surface area contributed by atoms with Crippen LogP contribution in [-0.2, 0) is 9.84 Å². The topological polar surface area (TPSA) is 67.2 Å². The van der Waals surface area contributed by atoms with E-state index in [-0.39, 0.29) is 12.2 Å². The molecule has 0 unspecified atom stereocenters. The second-order valence-corrected chi connectivity index (χ2v) is 5.22. The fraction of sp³-hybridized carbons (Fsp3) is 0.300. The van der Waals surface area contributed by atoms with E-state index in [1.165, 1.54) is 0 Å². The molecule has 7 heteroatoms. The highest BCUT2D eigenvalue weighted by Crippen LogP contribution is 2.25. The number of benzene rings is 1. The second kappa shape index (κ2) is 5.10. The van der Waals surface area contributed by atoms with Crippen LogP contribution in [0.1, 0.15) is 6.42 Å². The van der Waals surface area contributed by atoms with Crippen LogP contribution < -0.4 is 4.74 Å². The van der Waals surface area contributed by atoms with Crippen molar-refractivity contribution in [2.75, 3.05) is 12.9 Å². The third-order valence-corrected chi connectivity index (χ3v) is 3.75. The van der Waals surface area contributed by atoms with Crippen molar-refractivity contribution in [3.8, 4) is 11.8 Å². The Morgan fingerprint density at radius 3 is 2.53 bits per heavy atom.